The molecule has 0 saturated carbocycles. The van der Waals surface area contributed by atoms with E-state index in [4.69, 9.17) is 4.74 Å². The summed E-state index contributed by atoms with van der Waals surface area (Å²) in [6.45, 7) is 4.90. The van der Waals surface area contributed by atoms with Crippen LogP contribution in [0.5, 0.6) is 0 Å². The Morgan fingerprint density at radius 3 is 2.37 bits per heavy atom. The van der Waals surface area contributed by atoms with Crippen LogP contribution in [0.1, 0.15) is 28.5 Å². The maximum absolute atomic E-state index is 13.0. The molecule has 3 rings (SSSR count). The second kappa shape index (κ2) is 8.81. The molecule has 0 bridgehead atoms. The predicted molar refractivity (Wildman–Crippen MR) is 102 cm³/mol. The maximum Gasteiger partial charge on any atom is 0.257 e. The van der Waals surface area contributed by atoms with Crippen molar-refractivity contribution in [1.29, 1.82) is 0 Å². The summed E-state index contributed by atoms with van der Waals surface area (Å²) in [5.41, 5.74) is 2.76. The van der Waals surface area contributed by atoms with Gasteiger partial charge in [0.1, 0.15) is 6.61 Å². The molecule has 7 heteroatoms. The summed E-state index contributed by atoms with van der Waals surface area (Å²) >= 11 is 0. The molecule has 0 atom stereocenters. The molecule has 0 N–H and O–H groups in total. The summed E-state index contributed by atoms with van der Waals surface area (Å²) in [6.07, 6.45) is 2.41. The van der Waals surface area contributed by atoms with Crippen LogP contribution in [0.2, 0.25) is 0 Å². The van der Waals surface area contributed by atoms with Crippen molar-refractivity contribution in [3.05, 3.63) is 53.3 Å². The van der Waals surface area contributed by atoms with E-state index in [1.54, 1.807) is 16.0 Å². The molecule has 2 heterocycles. The number of carbonyl (C=O) groups excluding carboxylic acids is 2. The van der Waals surface area contributed by atoms with Crippen LogP contribution in [0.4, 0.5) is 0 Å². The number of carbonyl (C=O) groups is 2. The number of methoxy groups -OCH3 is 1. The lowest BCUT2D eigenvalue weighted by Gasteiger charge is -2.34. The van der Waals surface area contributed by atoms with E-state index in [2.05, 4.69) is 17.2 Å². The highest BCUT2D eigenvalue weighted by Crippen LogP contribution is 2.16. The van der Waals surface area contributed by atoms with Gasteiger partial charge in [-0.2, -0.15) is 5.10 Å². The van der Waals surface area contributed by atoms with Gasteiger partial charge in [0.2, 0.25) is 5.91 Å². The van der Waals surface area contributed by atoms with Crippen LogP contribution in [0, 0.1) is 0 Å². The molecule has 27 heavy (non-hydrogen) atoms. The Kier molecular flexibility index (Phi) is 6.24. The van der Waals surface area contributed by atoms with Crippen molar-refractivity contribution in [3.8, 4) is 0 Å². The standard InChI is InChI=1S/C20H26N4O3/c1-3-18-17(13-21-24(18)14-16-7-5-4-6-8-16)20(26)23-11-9-22(10-12-23)19(25)15-27-2/h4-8,13H,3,9-12,14-15H2,1-2H3. The van der Waals surface area contributed by atoms with Gasteiger partial charge in [-0.05, 0) is 12.0 Å². The number of hydrogen-bond acceptors (Lipinski definition) is 4. The highest BCUT2D eigenvalue weighted by Gasteiger charge is 2.27. The molecule has 2 aromatic rings. The number of benzene rings is 1. The van der Waals surface area contributed by atoms with E-state index in [0.717, 1.165) is 17.7 Å². The van der Waals surface area contributed by atoms with Gasteiger partial charge in [0, 0.05) is 33.3 Å². The van der Waals surface area contributed by atoms with Gasteiger partial charge >= 0.3 is 0 Å². The van der Waals surface area contributed by atoms with Gasteiger partial charge in [0.05, 0.1) is 24.0 Å². The molecular formula is C20H26N4O3. The molecule has 0 spiro atoms. The Bertz CT molecular complexity index is 780. The maximum atomic E-state index is 13.0. The predicted octanol–water partition coefficient (Wildman–Crippen LogP) is 1.42. The molecule has 1 saturated heterocycles. The zero-order valence-electron chi connectivity index (χ0n) is 15.9. The number of rotatable bonds is 6. The number of aromatic nitrogens is 2. The van der Waals surface area contributed by atoms with E-state index in [9.17, 15) is 9.59 Å². The fraction of sp³-hybridized carbons (Fsp3) is 0.450. The van der Waals surface area contributed by atoms with Crippen molar-refractivity contribution in [2.45, 2.75) is 19.9 Å². The number of nitrogens with zero attached hydrogens (tertiary/aromatic N) is 4. The summed E-state index contributed by atoms with van der Waals surface area (Å²) < 4.78 is 6.80. The van der Waals surface area contributed by atoms with Crippen LogP contribution in [-0.4, -0.2) is 71.3 Å². The van der Waals surface area contributed by atoms with Gasteiger partial charge in [-0.25, -0.2) is 0 Å². The van der Waals surface area contributed by atoms with E-state index >= 15 is 0 Å². The third-order valence-corrected chi connectivity index (χ3v) is 4.88. The Morgan fingerprint density at radius 2 is 1.74 bits per heavy atom. The Labute approximate surface area is 159 Å². The zero-order chi connectivity index (χ0) is 19.2. The molecule has 0 aliphatic carbocycles. The van der Waals surface area contributed by atoms with Crippen molar-refractivity contribution < 1.29 is 14.3 Å². The van der Waals surface area contributed by atoms with Crippen molar-refractivity contribution >= 4 is 11.8 Å². The normalized spacial score (nSPS) is 14.4. The summed E-state index contributed by atoms with van der Waals surface area (Å²) in [5.74, 6) is -0.0421. The lowest BCUT2D eigenvalue weighted by atomic mass is 10.1. The quantitative estimate of drug-likeness (QED) is 0.771. The Hall–Kier alpha value is -2.67. The van der Waals surface area contributed by atoms with Crippen molar-refractivity contribution in [2.75, 3.05) is 39.9 Å². The van der Waals surface area contributed by atoms with E-state index in [-0.39, 0.29) is 18.4 Å². The first-order chi connectivity index (χ1) is 13.1. The highest BCUT2D eigenvalue weighted by atomic mass is 16.5. The first-order valence-corrected chi connectivity index (χ1v) is 9.28. The van der Waals surface area contributed by atoms with Crippen LogP contribution >= 0.6 is 0 Å². The molecular weight excluding hydrogens is 344 g/mol. The lowest BCUT2D eigenvalue weighted by Crippen LogP contribution is -2.51. The molecule has 2 amide bonds. The van der Waals surface area contributed by atoms with Gasteiger partial charge < -0.3 is 14.5 Å². The second-order valence-electron chi connectivity index (χ2n) is 6.61. The molecule has 1 fully saturated rings. The first kappa shape index (κ1) is 19.1. The van der Waals surface area contributed by atoms with Gasteiger partial charge in [-0.1, -0.05) is 37.3 Å². The van der Waals surface area contributed by atoms with Crippen LogP contribution < -0.4 is 0 Å². The summed E-state index contributed by atoms with van der Waals surface area (Å²) in [6, 6.07) is 10.1. The number of piperazine rings is 1. The summed E-state index contributed by atoms with van der Waals surface area (Å²) in [4.78, 5) is 28.4. The minimum atomic E-state index is -0.0328. The van der Waals surface area contributed by atoms with E-state index < -0.39 is 0 Å². The van der Waals surface area contributed by atoms with Gasteiger partial charge in [-0.3, -0.25) is 14.3 Å². The fourth-order valence-corrected chi connectivity index (χ4v) is 3.40. The van der Waals surface area contributed by atoms with E-state index in [1.165, 1.54) is 7.11 Å². The summed E-state index contributed by atoms with van der Waals surface area (Å²) in [5, 5.41) is 4.45. The third-order valence-electron chi connectivity index (χ3n) is 4.88. The topological polar surface area (TPSA) is 67.7 Å². The average Bonchev–Trinajstić information content (AvgIpc) is 3.11. The van der Waals surface area contributed by atoms with Crippen LogP contribution in [0.15, 0.2) is 36.5 Å². The summed E-state index contributed by atoms with van der Waals surface area (Å²) in [7, 11) is 1.51. The first-order valence-electron chi connectivity index (χ1n) is 9.28. The number of hydrogen-bond donors (Lipinski definition) is 0. The van der Waals surface area contributed by atoms with E-state index in [0.29, 0.717) is 38.3 Å². The van der Waals surface area contributed by atoms with Crippen LogP contribution in [-0.2, 0) is 22.5 Å². The monoisotopic (exact) mass is 370 g/mol. The molecule has 1 aliphatic rings. The Balaban J connectivity index is 1.68. The number of amides is 2. The average molecular weight is 370 g/mol. The fourth-order valence-electron chi connectivity index (χ4n) is 3.40. The SMILES string of the molecule is CCc1c(C(=O)N2CCN(C(=O)COC)CC2)cnn1Cc1ccccc1. The van der Waals surface area contributed by atoms with Crippen LogP contribution in [0.3, 0.4) is 0 Å². The van der Waals surface area contributed by atoms with E-state index in [1.807, 2.05) is 29.8 Å². The largest absolute Gasteiger partial charge is 0.375 e. The molecule has 7 nitrogen and oxygen atoms in total. The lowest BCUT2D eigenvalue weighted by molar-refractivity contribution is -0.136. The minimum Gasteiger partial charge on any atom is -0.375 e. The molecule has 1 aromatic carbocycles. The molecule has 0 unspecified atom stereocenters. The van der Waals surface area contributed by atoms with Gasteiger partial charge in [0.15, 0.2) is 0 Å². The van der Waals surface area contributed by atoms with Crippen LogP contribution in [0.25, 0.3) is 0 Å². The second-order valence-corrected chi connectivity index (χ2v) is 6.61. The Morgan fingerprint density at radius 1 is 1.07 bits per heavy atom. The van der Waals surface area contributed by atoms with Crippen molar-refractivity contribution in [3.63, 3.8) is 0 Å². The van der Waals surface area contributed by atoms with Gasteiger partial charge in [0.25, 0.3) is 5.91 Å². The van der Waals surface area contributed by atoms with Gasteiger partial charge in [-0.15, -0.1) is 0 Å². The smallest absolute Gasteiger partial charge is 0.257 e. The van der Waals surface area contributed by atoms with Crippen molar-refractivity contribution in [2.24, 2.45) is 0 Å². The molecule has 0 radical (unpaired) electrons. The molecule has 1 aromatic heterocycles. The third kappa shape index (κ3) is 4.36. The minimum absolute atomic E-state index is 0.00926. The van der Waals surface area contributed by atoms with Crippen molar-refractivity contribution in [1.82, 2.24) is 19.6 Å². The zero-order valence-corrected chi connectivity index (χ0v) is 15.9. The molecule has 1 aliphatic heterocycles. The number of ether oxygens (including phenoxy) is 1. The highest BCUT2D eigenvalue weighted by molar-refractivity contribution is 5.95. The molecule has 144 valence electrons.